The number of nitrogens with zero attached hydrogens (tertiary/aromatic N) is 3. The zero-order valence-electron chi connectivity index (χ0n) is 15.0. The van der Waals surface area contributed by atoms with Crippen LogP contribution in [0.1, 0.15) is 5.56 Å². The van der Waals surface area contributed by atoms with Crippen LogP contribution >= 0.6 is 0 Å². The van der Waals surface area contributed by atoms with E-state index in [0.717, 1.165) is 11.3 Å². The number of benzene rings is 2. The van der Waals surface area contributed by atoms with Crippen LogP contribution in [-0.4, -0.2) is 34.9 Å². The van der Waals surface area contributed by atoms with Crippen LogP contribution in [0.4, 0.5) is 11.5 Å². The van der Waals surface area contributed by atoms with Gasteiger partial charge in [0.05, 0.1) is 12.0 Å². The number of carbonyl (C=O) groups excluding carboxylic acids is 1. The van der Waals surface area contributed by atoms with Gasteiger partial charge >= 0.3 is 0 Å². The molecule has 0 aliphatic rings. The molecule has 3 rings (SSSR count). The van der Waals surface area contributed by atoms with Gasteiger partial charge in [-0.2, -0.15) is 0 Å². The first-order valence-electron chi connectivity index (χ1n) is 8.12. The normalized spacial score (nSPS) is 10.4. The molecule has 1 amide bonds. The van der Waals surface area contributed by atoms with Crippen molar-refractivity contribution >= 4 is 17.4 Å². The number of aromatic nitrogens is 2. The van der Waals surface area contributed by atoms with E-state index < -0.39 is 10.8 Å². The van der Waals surface area contributed by atoms with Gasteiger partial charge < -0.3 is 14.8 Å². The van der Waals surface area contributed by atoms with E-state index in [-0.39, 0.29) is 18.1 Å². The molecule has 0 spiro atoms. The van der Waals surface area contributed by atoms with E-state index in [4.69, 9.17) is 14.1 Å². The lowest BCUT2D eigenvalue weighted by Gasteiger charge is -2.08. The molecule has 0 fully saturated rings. The zero-order chi connectivity index (χ0) is 20.1. The van der Waals surface area contributed by atoms with Gasteiger partial charge in [0.25, 0.3) is 11.6 Å². The Hall–Kier alpha value is -3.95. The second kappa shape index (κ2) is 8.16. The molecule has 28 heavy (non-hydrogen) atoms. The summed E-state index contributed by atoms with van der Waals surface area (Å²) in [6.07, 6.45) is 0. The minimum Gasteiger partial charge on any atom is -0.496 e. The quantitative estimate of drug-likeness (QED) is 0.486. The van der Waals surface area contributed by atoms with E-state index in [0.29, 0.717) is 17.0 Å². The van der Waals surface area contributed by atoms with Gasteiger partial charge in [-0.05, 0) is 53.1 Å². The van der Waals surface area contributed by atoms with Gasteiger partial charge in [0.2, 0.25) is 5.82 Å². The highest BCUT2D eigenvalue weighted by atomic mass is 16.6. The van der Waals surface area contributed by atoms with Gasteiger partial charge in [0.15, 0.2) is 12.3 Å². The van der Waals surface area contributed by atoms with Crippen LogP contribution in [0.15, 0.2) is 47.1 Å². The topological polar surface area (TPSA) is 130 Å². The molecule has 2 aromatic carbocycles. The third kappa shape index (κ3) is 4.23. The summed E-state index contributed by atoms with van der Waals surface area (Å²) in [7, 11) is 1.58. The number of methoxy groups -OCH3 is 1. The second-order valence-electron chi connectivity index (χ2n) is 5.73. The van der Waals surface area contributed by atoms with Crippen molar-refractivity contribution < 1.29 is 23.8 Å². The predicted octanol–water partition coefficient (Wildman–Crippen LogP) is 2.98. The van der Waals surface area contributed by atoms with E-state index >= 15 is 0 Å². The predicted molar refractivity (Wildman–Crippen MR) is 98.2 cm³/mol. The standard InChI is InChI=1S/C18H16N4O6/c1-11-9-12(3-8-15(11)26-2)17-18(21-28-20-17)19-16(23)10-27-14-6-4-13(5-7-14)22(24)25/h3-9H,10H2,1-2H3,(H,19,21,23). The fraction of sp³-hybridized carbons (Fsp3) is 0.167. The Kier molecular flexibility index (Phi) is 5.49. The number of hydrogen-bond acceptors (Lipinski definition) is 8. The molecule has 0 saturated carbocycles. The van der Waals surface area contributed by atoms with Crippen LogP contribution in [0.25, 0.3) is 11.3 Å². The summed E-state index contributed by atoms with van der Waals surface area (Å²) in [5.74, 6) is 0.717. The molecular weight excluding hydrogens is 368 g/mol. The van der Waals surface area contributed by atoms with Gasteiger partial charge in [0, 0.05) is 17.7 Å². The summed E-state index contributed by atoms with van der Waals surface area (Å²) in [5, 5.41) is 20.7. The highest BCUT2D eigenvalue weighted by Crippen LogP contribution is 2.28. The molecule has 1 heterocycles. The van der Waals surface area contributed by atoms with Crippen molar-refractivity contribution in [2.45, 2.75) is 6.92 Å². The number of nitro groups is 1. The Balaban J connectivity index is 1.64. The van der Waals surface area contributed by atoms with Crippen molar-refractivity contribution in [1.82, 2.24) is 10.3 Å². The summed E-state index contributed by atoms with van der Waals surface area (Å²) in [4.78, 5) is 22.3. The number of aryl methyl sites for hydroxylation is 1. The Labute approximate surface area is 159 Å². The number of anilines is 1. The summed E-state index contributed by atoms with van der Waals surface area (Å²) in [5.41, 5.74) is 1.90. The van der Waals surface area contributed by atoms with Crippen LogP contribution in [-0.2, 0) is 4.79 Å². The third-order valence-electron chi connectivity index (χ3n) is 3.83. The number of nitro benzene ring substituents is 1. The maximum atomic E-state index is 12.1. The van der Waals surface area contributed by atoms with Crippen LogP contribution < -0.4 is 14.8 Å². The molecule has 10 nitrogen and oxygen atoms in total. The summed E-state index contributed by atoms with van der Waals surface area (Å²) < 4.78 is 15.3. The van der Waals surface area contributed by atoms with Gasteiger partial charge in [0.1, 0.15) is 11.5 Å². The highest BCUT2D eigenvalue weighted by Gasteiger charge is 2.16. The summed E-state index contributed by atoms with van der Waals surface area (Å²) in [6, 6.07) is 10.8. The lowest BCUT2D eigenvalue weighted by molar-refractivity contribution is -0.384. The smallest absolute Gasteiger partial charge is 0.269 e. The molecule has 0 atom stereocenters. The average molecular weight is 384 g/mol. The van der Waals surface area contributed by atoms with Crippen LogP contribution in [0.2, 0.25) is 0 Å². The first-order chi connectivity index (χ1) is 13.5. The van der Waals surface area contributed by atoms with E-state index in [1.54, 1.807) is 19.2 Å². The number of hydrogen-bond donors (Lipinski definition) is 1. The number of carbonyl (C=O) groups is 1. The molecule has 3 aromatic rings. The van der Waals surface area contributed by atoms with E-state index in [1.807, 2.05) is 13.0 Å². The van der Waals surface area contributed by atoms with Crippen molar-refractivity contribution in [3.8, 4) is 22.8 Å². The lowest BCUT2D eigenvalue weighted by Crippen LogP contribution is -2.20. The van der Waals surface area contributed by atoms with Crippen molar-refractivity contribution in [2.24, 2.45) is 0 Å². The molecule has 1 N–H and O–H groups in total. The number of non-ortho nitro benzene ring substituents is 1. The van der Waals surface area contributed by atoms with Crippen LogP contribution in [0.3, 0.4) is 0 Å². The summed E-state index contributed by atoms with van der Waals surface area (Å²) >= 11 is 0. The minimum absolute atomic E-state index is 0.0649. The fourth-order valence-corrected chi connectivity index (χ4v) is 2.47. The zero-order valence-corrected chi connectivity index (χ0v) is 15.0. The Morgan fingerprint density at radius 2 is 1.96 bits per heavy atom. The largest absolute Gasteiger partial charge is 0.496 e. The first kappa shape index (κ1) is 18.8. The van der Waals surface area contributed by atoms with Gasteiger partial charge in [-0.25, -0.2) is 4.63 Å². The van der Waals surface area contributed by atoms with E-state index in [2.05, 4.69) is 15.6 Å². The number of amides is 1. The third-order valence-corrected chi connectivity index (χ3v) is 3.83. The Bertz CT molecular complexity index is 1000. The van der Waals surface area contributed by atoms with Crippen molar-refractivity contribution in [3.05, 3.63) is 58.1 Å². The molecule has 0 bridgehead atoms. The lowest BCUT2D eigenvalue weighted by atomic mass is 10.1. The highest BCUT2D eigenvalue weighted by molar-refractivity contribution is 5.94. The number of rotatable bonds is 7. The van der Waals surface area contributed by atoms with Crippen molar-refractivity contribution in [1.29, 1.82) is 0 Å². The monoisotopic (exact) mass is 384 g/mol. The van der Waals surface area contributed by atoms with E-state index in [1.165, 1.54) is 24.3 Å². The van der Waals surface area contributed by atoms with Crippen LogP contribution in [0.5, 0.6) is 11.5 Å². The Morgan fingerprint density at radius 3 is 2.61 bits per heavy atom. The molecule has 0 radical (unpaired) electrons. The van der Waals surface area contributed by atoms with Crippen LogP contribution in [0, 0.1) is 17.0 Å². The first-order valence-corrected chi connectivity index (χ1v) is 8.12. The van der Waals surface area contributed by atoms with Gasteiger partial charge in [-0.1, -0.05) is 0 Å². The van der Waals surface area contributed by atoms with Gasteiger partial charge in [-0.15, -0.1) is 0 Å². The molecule has 0 aliphatic carbocycles. The van der Waals surface area contributed by atoms with Crippen molar-refractivity contribution in [3.63, 3.8) is 0 Å². The molecule has 0 unspecified atom stereocenters. The molecule has 144 valence electrons. The molecular formula is C18H16N4O6. The Morgan fingerprint density at radius 1 is 1.21 bits per heavy atom. The average Bonchev–Trinajstić information content (AvgIpc) is 3.14. The fourth-order valence-electron chi connectivity index (χ4n) is 2.47. The summed E-state index contributed by atoms with van der Waals surface area (Å²) in [6.45, 7) is 1.57. The van der Waals surface area contributed by atoms with Gasteiger partial charge in [-0.3, -0.25) is 14.9 Å². The number of ether oxygens (including phenoxy) is 2. The molecule has 0 saturated heterocycles. The second-order valence-corrected chi connectivity index (χ2v) is 5.73. The molecule has 10 heteroatoms. The SMILES string of the molecule is COc1ccc(-c2nonc2NC(=O)COc2ccc([N+](=O)[O-])cc2)cc1C. The molecule has 1 aromatic heterocycles. The maximum absolute atomic E-state index is 12.1. The minimum atomic E-state index is -0.517. The van der Waals surface area contributed by atoms with Crippen molar-refractivity contribution in [2.75, 3.05) is 19.0 Å². The number of nitrogens with one attached hydrogen (secondary N) is 1. The maximum Gasteiger partial charge on any atom is 0.269 e. The van der Waals surface area contributed by atoms with E-state index in [9.17, 15) is 14.9 Å². The molecule has 0 aliphatic heterocycles.